The van der Waals surface area contributed by atoms with Gasteiger partial charge in [-0.15, -0.1) is 0 Å². The average Bonchev–Trinajstić information content (AvgIpc) is 2.15. The highest BCUT2D eigenvalue weighted by Crippen LogP contribution is 2.02. The summed E-state index contributed by atoms with van der Waals surface area (Å²) in [5, 5.41) is 3.47. The molecule has 0 aliphatic carbocycles. The quantitative estimate of drug-likeness (QED) is 0.565. The first-order valence-corrected chi connectivity index (χ1v) is 6.86. The van der Waals surface area contributed by atoms with Crippen LogP contribution in [0.25, 0.3) is 0 Å². The predicted octanol–water partition coefficient (Wildman–Crippen LogP) is 2.06. The van der Waals surface area contributed by atoms with Gasteiger partial charge in [-0.05, 0) is 45.8 Å². The lowest BCUT2D eigenvalue weighted by Crippen LogP contribution is -2.23. The van der Waals surface area contributed by atoms with Gasteiger partial charge in [0.1, 0.15) is 0 Å². The van der Waals surface area contributed by atoms with Crippen LogP contribution in [-0.2, 0) is 0 Å². The molecule has 3 heteroatoms. The van der Waals surface area contributed by atoms with Gasteiger partial charge in [0.15, 0.2) is 0 Å². The first kappa shape index (κ1) is 14.3. The third-order valence-corrected chi connectivity index (χ3v) is 3.09. The molecule has 0 aromatic rings. The number of thioether (sulfide) groups is 1. The van der Waals surface area contributed by atoms with Crippen molar-refractivity contribution in [1.82, 2.24) is 10.2 Å². The van der Waals surface area contributed by atoms with Crippen LogP contribution in [0.4, 0.5) is 0 Å². The van der Waals surface area contributed by atoms with Crippen molar-refractivity contribution in [3.05, 3.63) is 0 Å². The van der Waals surface area contributed by atoms with Crippen molar-refractivity contribution >= 4 is 11.8 Å². The Morgan fingerprint density at radius 1 is 1.07 bits per heavy atom. The van der Waals surface area contributed by atoms with Crippen LogP contribution in [0, 0.1) is 0 Å². The van der Waals surface area contributed by atoms with Gasteiger partial charge < -0.3 is 10.2 Å². The summed E-state index contributed by atoms with van der Waals surface area (Å²) in [6, 6.07) is 0. The summed E-state index contributed by atoms with van der Waals surface area (Å²) in [6.07, 6.45) is 3.95. The fourth-order valence-corrected chi connectivity index (χ4v) is 2.12. The molecule has 0 rings (SSSR count). The van der Waals surface area contributed by atoms with E-state index < -0.39 is 0 Å². The highest BCUT2D eigenvalue weighted by Gasteiger charge is 1.91. The smallest absolute Gasteiger partial charge is 0.00581 e. The van der Waals surface area contributed by atoms with E-state index in [1.54, 1.807) is 0 Å². The minimum absolute atomic E-state index is 1.16. The van der Waals surface area contributed by atoms with Crippen molar-refractivity contribution in [3.63, 3.8) is 0 Å². The van der Waals surface area contributed by atoms with E-state index in [1.807, 2.05) is 0 Å². The standard InChI is InChI=1S/C11H26N2S/c1-4-5-10-14-11-8-12-7-6-9-13(2)3/h12H,4-11H2,1-3H3. The molecule has 0 unspecified atom stereocenters. The lowest BCUT2D eigenvalue weighted by atomic mass is 10.4. The van der Waals surface area contributed by atoms with E-state index in [-0.39, 0.29) is 0 Å². The molecular formula is C11H26N2S. The van der Waals surface area contributed by atoms with Crippen molar-refractivity contribution in [1.29, 1.82) is 0 Å². The third-order valence-electron chi connectivity index (χ3n) is 2.02. The molecule has 0 saturated carbocycles. The normalized spacial score (nSPS) is 11.1. The summed E-state index contributed by atoms with van der Waals surface area (Å²) >= 11 is 2.07. The van der Waals surface area contributed by atoms with Crippen LogP contribution in [0.15, 0.2) is 0 Å². The van der Waals surface area contributed by atoms with Crippen molar-refractivity contribution < 1.29 is 0 Å². The van der Waals surface area contributed by atoms with Gasteiger partial charge in [-0.3, -0.25) is 0 Å². The molecule has 0 atom stereocenters. The largest absolute Gasteiger partial charge is 0.316 e. The molecule has 2 nitrogen and oxygen atoms in total. The zero-order valence-electron chi connectivity index (χ0n) is 10.0. The lowest BCUT2D eigenvalue weighted by molar-refractivity contribution is 0.396. The fraction of sp³-hybridized carbons (Fsp3) is 1.00. The van der Waals surface area contributed by atoms with E-state index in [0.29, 0.717) is 0 Å². The van der Waals surface area contributed by atoms with E-state index in [1.165, 1.54) is 43.9 Å². The highest BCUT2D eigenvalue weighted by molar-refractivity contribution is 7.99. The number of hydrogen-bond donors (Lipinski definition) is 1. The summed E-state index contributed by atoms with van der Waals surface area (Å²) in [5.41, 5.74) is 0. The Labute approximate surface area is 93.8 Å². The van der Waals surface area contributed by atoms with E-state index in [4.69, 9.17) is 0 Å². The monoisotopic (exact) mass is 218 g/mol. The number of nitrogens with zero attached hydrogens (tertiary/aromatic N) is 1. The Bertz CT molecular complexity index is 107. The van der Waals surface area contributed by atoms with Crippen molar-refractivity contribution in [3.8, 4) is 0 Å². The van der Waals surface area contributed by atoms with Gasteiger partial charge in [-0.25, -0.2) is 0 Å². The van der Waals surface area contributed by atoms with Gasteiger partial charge >= 0.3 is 0 Å². The van der Waals surface area contributed by atoms with Gasteiger partial charge in [-0.2, -0.15) is 11.8 Å². The second-order valence-electron chi connectivity index (χ2n) is 3.87. The second-order valence-corrected chi connectivity index (χ2v) is 5.10. The zero-order valence-corrected chi connectivity index (χ0v) is 10.8. The fourth-order valence-electron chi connectivity index (χ4n) is 1.14. The van der Waals surface area contributed by atoms with Gasteiger partial charge in [0.05, 0.1) is 0 Å². The molecule has 0 aliphatic heterocycles. The Morgan fingerprint density at radius 2 is 1.86 bits per heavy atom. The molecular weight excluding hydrogens is 192 g/mol. The Morgan fingerprint density at radius 3 is 2.50 bits per heavy atom. The third kappa shape index (κ3) is 12.3. The molecule has 0 bridgehead atoms. The van der Waals surface area contributed by atoms with Gasteiger partial charge in [0.2, 0.25) is 0 Å². The molecule has 0 amide bonds. The van der Waals surface area contributed by atoms with Crippen LogP contribution in [0.2, 0.25) is 0 Å². The molecule has 0 fully saturated rings. The first-order valence-electron chi connectivity index (χ1n) is 5.70. The van der Waals surface area contributed by atoms with E-state index in [0.717, 1.165) is 6.54 Å². The van der Waals surface area contributed by atoms with E-state index in [9.17, 15) is 0 Å². The molecule has 0 radical (unpaired) electrons. The van der Waals surface area contributed by atoms with Crippen LogP contribution in [0.1, 0.15) is 26.2 Å². The van der Waals surface area contributed by atoms with Crippen molar-refractivity contribution in [2.45, 2.75) is 26.2 Å². The molecule has 0 saturated heterocycles. The zero-order chi connectivity index (χ0) is 10.6. The maximum atomic E-state index is 3.47. The SMILES string of the molecule is CCCCSCCNCCCN(C)C. The summed E-state index contributed by atoms with van der Waals surface area (Å²) in [6.45, 7) is 5.77. The number of hydrogen-bond acceptors (Lipinski definition) is 3. The maximum absolute atomic E-state index is 3.47. The van der Waals surface area contributed by atoms with Gasteiger partial charge in [0, 0.05) is 12.3 Å². The molecule has 86 valence electrons. The number of unbranched alkanes of at least 4 members (excludes halogenated alkanes) is 1. The highest BCUT2D eigenvalue weighted by atomic mass is 32.2. The second kappa shape index (κ2) is 11.3. The average molecular weight is 218 g/mol. The molecule has 0 aromatic heterocycles. The van der Waals surface area contributed by atoms with Gasteiger partial charge in [-0.1, -0.05) is 13.3 Å². The predicted molar refractivity (Wildman–Crippen MR) is 68.3 cm³/mol. The number of rotatable bonds is 10. The van der Waals surface area contributed by atoms with Crippen LogP contribution < -0.4 is 5.32 Å². The summed E-state index contributed by atoms with van der Waals surface area (Å²) in [4.78, 5) is 2.23. The van der Waals surface area contributed by atoms with Gasteiger partial charge in [0.25, 0.3) is 0 Å². The van der Waals surface area contributed by atoms with E-state index in [2.05, 4.69) is 43.0 Å². The Kier molecular flexibility index (Phi) is 11.6. The summed E-state index contributed by atoms with van der Waals surface area (Å²) in [5.74, 6) is 2.60. The first-order chi connectivity index (χ1) is 6.77. The van der Waals surface area contributed by atoms with Crippen molar-refractivity contribution in [2.75, 3.05) is 45.2 Å². The minimum Gasteiger partial charge on any atom is -0.316 e. The van der Waals surface area contributed by atoms with Crippen LogP contribution in [-0.4, -0.2) is 50.1 Å². The Balaban J connectivity index is 2.85. The van der Waals surface area contributed by atoms with Crippen LogP contribution in [0.3, 0.4) is 0 Å². The minimum atomic E-state index is 1.16. The maximum Gasteiger partial charge on any atom is 0.00581 e. The molecule has 0 aromatic carbocycles. The van der Waals surface area contributed by atoms with Crippen LogP contribution in [0.5, 0.6) is 0 Å². The topological polar surface area (TPSA) is 15.3 Å². The van der Waals surface area contributed by atoms with Crippen LogP contribution >= 0.6 is 11.8 Å². The molecule has 0 heterocycles. The molecule has 1 N–H and O–H groups in total. The number of nitrogens with one attached hydrogen (secondary N) is 1. The molecule has 14 heavy (non-hydrogen) atoms. The lowest BCUT2D eigenvalue weighted by Gasteiger charge is -2.09. The Hall–Kier alpha value is 0.270. The van der Waals surface area contributed by atoms with Crippen molar-refractivity contribution in [2.24, 2.45) is 0 Å². The summed E-state index contributed by atoms with van der Waals surface area (Å²) in [7, 11) is 4.25. The summed E-state index contributed by atoms with van der Waals surface area (Å²) < 4.78 is 0. The molecule has 0 spiro atoms. The molecule has 0 aliphatic rings. The van der Waals surface area contributed by atoms with E-state index >= 15 is 0 Å².